The molecule has 0 aliphatic rings. The number of hydrogen-bond donors (Lipinski definition) is 1. The molecule has 0 saturated heterocycles. The van der Waals surface area contributed by atoms with Crippen LogP contribution < -0.4 is 10.9 Å². The number of aryl methyl sites for hydroxylation is 1. The van der Waals surface area contributed by atoms with Crippen molar-refractivity contribution in [3.63, 3.8) is 0 Å². The smallest absolute Gasteiger partial charge is 0.276 e. The Bertz CT molecular complexity index is 1500. The van der Waals surface area contributed by atoms with Crippen LogP contribution in [0.15, 0.2) is 90.0 Å². The zero-order valence-corrected chi connectivity index (χ0v) is 17.7. The van der Waals surface area contributed by atoms with Gasteiger partial charge in [-0.15, -0.1) is 0 Å². The van der Waals surface area contributed by atoms with E-state index in [1.807, 2.05) is 78.2 Å². The Morgan fingerprint density at radius 3 is 2.53 bits per heavy atom. The van der Waals surface area contributed by atoms with E-state index in [1.165, 1.54) is 0 Å². The Hall–Kier alpha value is -4.19. The average Bonchev–Trinajstić information content (AvgIpc) is 3.32. The summed E-state index contributed by atoms with van der Waals surface area (Å²) in [6, 6.07) is 22.8. The Balaban J connectivity index is 1.39. The zero-order valence-electron chi connectivity index (χ0n) is 17.7. The third-order valence-electron chi connectivity index (χ3n) is 5.75. The van der Waals surface area contributed by atoms with Crippen LogP contribution in [0.2, 0.25) is 0 Å². The van der Waals surface area contributed by atoms with Crippen LogP contribution in [0.1, 0.15) is 27.0 Å². The number of nitrogens with one attached hydrogen (secondary N) is 1. The van der Waals surface area contributed by atoms with Crippen molar-refractivity contribution < 1.29 is 4.79 Å². The minimum atomic E-state index is -0.126. The van der Waals surface area contributed by atoms with Crippen LogP contribution in [0.4, 0.5) is 0 Å². The summed E-state index contributed by atoms with van der Waals surface area (Å²) >= 11 is 0. The number of fused-ring (bicyclic) bond motifs is 3. The molecule has 0 aliphatic heterocycles. The topological polar surface area (TPSA) is 68.4 Å². The largest absolute Gasteiger partial charge is 0.348 e. The highest BCUT2D eigenvalue weighted by Crippen LogP contribution is 2.15. The molecule has 0 bridgehead atoms. The van der Waals surface area contributed by atoms with Gasteiger partial charge in [0.05, 0.1) is 12.1 Å². The van der Waals surface area contributed by atoms with E-state index in [0.29, 0.717) is 29.8 Å². The van der Waals surface area contributed by atoms with Crippen LogP contribution in [-0.2, 0) is 13.1 Å². The summed E-state index contributed by atoms with van der Waals surface area (Å²) in [4.78, 5) is 30.1. The number of carbonyl (C=O) groups excluding carboxylic acids is 1. The van der Waals surface area contributed by atoms with Crippen LogP contribution >= 0.6 is 0 Å². The molecular weight excluding hydrogens is 400 g/mol. The van der Waals surface area contributed by atoms with Crippen LogP contribution in [0.3, 0.4) is 0 Å². The molecule has 0 aliphatic carbocycles. The van der Waals surface area contributed by atoms with Crippen molar-refractivity contribution in [1.82, 2.24) is 19.3 Å². The first-order chi connectivity index (χ1) is 15.6. The molecule has 0 atom stereocenters. The fourth-order valence-corrected chi connectivity index (χ4v) is 3.96. The third kappa shape index (κ3) is 3.56. The third-order valence-corrected chi connectivity index (χ3v) is 5.75. The molecule has 0 unspecified atom stereocenters. The van der Waals surface area contributed by atoms with E-state index in [2.05, 4.69) is 10.3 Å². The van der Waals surface area contributed by atoms with Crippen molar-refractivity contribution in [2.24, 2.45) is 0 Å². The molecule has 3 aromatic heterocycles. The molecule has 3 heterocycles. The fourth-order valence-electron chi connectivity index (χ4n) is 3.96. The SMILES string of the molecule is Cc1ccccc1CNC(=O)c1ccc(Cn2c(=O)c3cccn3c3cccnc32)cc1. The fraction of sp³-hybridized carbons (Fsp3) is 0.115. The Morgan fingerprint density at radius 2 is 1.72 bits per heavy atom. The second-order valence-electron chi connectivity index (χ2n) is 7.81. The molecule has 158 valence electrons. The van der Waals surface area contributed by atoms with Gasteiger partial charge in [0.1, 0.15) is 5.52 Å². The number of rotatable bonds is 5. The number of benzene rings is 2. The predicted molar refractivity (Wildman–Crippen MR) is 125 cm³/mol. The van der Waals surface area contributed by atoms with Crippen LogP contribution in [0, 0.1) is 6.92 Å². The number of amides is 1. The lowest BCUT2D eigenvalue weighted by atomic mass is 10.1. The maximum atomic E-state index is 13.1. The second kappa shape index (κ2) is 8.15. The molecule has 0 spiro atoms. The molecule has 2 aromatic carbocycles. The summed E-state index contributed by atoms with van der Waals surface area (Å²) in [5, 5.41) is 2.97. The van der Waals surface area contributed by atoms with Gasteiger partial charge in [-0.3, -0.25) is 14.2 Å². The van der Waals surface area contributed by atoms with E-state index in [4.69, 9.17) is 0 Å². The molecule has 5 aromatic rings. The minimum Gasteiger partial charge on any atom is -0.348 e. The monoisotopic (exact) mass is 422 g/mol. The summed E-state index contributed by atoms with van der Waals surface area (Å²) in [7, 11) is 0. The highest BCUT2D eigenvalue weighted by molar-refractivity contribution is 5.94. The van der Waals surface area contributed by atoms with Crippen molar-refractivity contribution in [1.29, 1.82) is 0 Å². The summed E-state index contributed by atoms with van der Waals surface area (Å²) in [6.45, 7) is 2.89. The number of nitrogens with zero attached hydrogens (tertiary/aromatic N) is 3. The highest BCUT2D eigenvalue weighted by Gasteiger charge is 2.12. The summed E-state index contributed by atoms with van der Waals surface area (Å²) in [6.07, 6.45) is 3.56. The summed E-state index contributed by atoms with van der Waals surface area (Å²) in [5.41, 5.74) is 5.76. The molecule has 6 nitrogen and oxygen atoms in total. The molecule has 0 fully saturated rings. The minimum absolute atomic E-state index is 0.0961. The van der Waals surface area contributed by atoms with E-state index in [1.54, 1.807) is 22.9 Å². The van der Waals surface area contributed by atoms with E-state index >= 15 is 0 Å². The van der Waals surface area contributed by atoms with Gasteiger partial charge in [-0.25, -0.2) is 4.98 Å². The lowest BCUT2D eigenvalue weighted by molar-refractivity contribution is 0.0951. The molecule has 32 heavy (non-hydrogen) atoms. The van der Waals surface area contributed by atoms with Gasteiger partial charge in [0.25, 0.3) is 11.5 Å². The van der Waals surface area contributed by atoms with Gasteiger partial charge >= 0.3 is 0 Å². The van der Waals surface area contributed by atoms with Crippen LogP contribution in [0.5, 0.6) is 0 Å². The van der Waals surface area contributed by atoms with E-state index < -0.39 is 0 Å². The molecular formula is C26H22N4O2. The van der Waals surface area contributed by atoms with Gasteiger partial charge in [-0.2, -0.15) is 0 Å². The summed E-state index contributed by atoms with van der Waals surface area (Å²) < 4.78 is 3.54. The quantitative estimate of drug-likeness (QED) is 0.467. The predicted octanol–water partition coefficient (Wildman–Crippen LogP) is 3.94. The normalized spacial score (nSPS) is 11.2. The summed E-state index contributed by atoms with van der Waals surface area (Å²) in [5.74, 6) is -0.126. The van der Waals surface area contributed by atoms with Gasteiger partial charge in [0.2, 0.25) is 0 Å². The standard InChI is InChI=1S/C26H22N4O2/c1-18-6-2-3-7-21(18)16-28-25(31)20-12-10-19(11-13-20)17-30-24-22(8-4-14-27-24)29-15-5-9-23(29)26(30)32/h2-15H,16-17H2,1H3,(H,28,31). The lowest BCUT2D eigenvalue weighted by Crippen LogP contribution is -2.24. The maximum Gasteiger partial charge on any atom is 0.276 e. The lowest BCUT2D eigenvalue weighted by Gasteiger charge is -2.12. The molecule has 0 radical (unpaired) electrons. The molecule has 0 saturated carbocycles. The van der Waals surface area contributed by atoms with E-state index in [0.717, 1.165) is 22.2 Å². The van der Waals surface area contributed by atoms with Gasteiger partial charge in [-0.05, 0) is 60.0 Å². The zero-order chi connectivity index (χ0) is 22.1. The first kappa shape index (κ1) is 19.8. The maximum absolute atomic E-state index is 13.1. The van der Waals surface area contributed by atoms with Crippen molar-refractivity contribution in [3.8, 4) is 0 Å². The first-order valence-corrected chi connectivity index (χ1v) is 10.5. The molecule has 5 rings (SSSR count). The van der Waals surface area contributed by atoms with E-state index in [-0.39, 0.29) is 11.5 Å². The van der Waals surface area contributed by atoms with Gasteiger partial charge in [0, 0.05) is 24.5 Å². The first-order valence-electron chi connectivity index (χ1n) is 10.5. The molecule has 1 amide bonds. The van der Waals surface area contributed by atoms with Gasteiger partial charge < -0.3 is 9.72 Å². The van der Waals surface area contributed by atoms with Crippen molar-refractivity contribution in [3.05, 3.63) is 118 Å². The average molecular weight is 422 g/mol. The van der Waals surface area contributed by atoms with Crippen molar-refractivity contribution >= 4 is 22.6 Å². The van der Waals surface area contributed by atoms with Gasteiger partial charge in [0.15, 0.2) is 5.65 Å². The van der Waals surface area contributed by atoms with Crippen molar-refractivity contribution in [2.75, 3.05) is 0 Å². The number of carbonyl (C=O) groups is 1. The Kier molecular flexibility index (Phi) is 5.03. The van der Waals surface area contributed by atoms with Crippen molar-refractivity contribution in [2.45, 2.75) is 20.0 Å². The Morgan fingerprint density at radius 1 is 0.938 bits per heavy atom. The number of aromatic nitrogens is 3. The Labute approximate surface area is 184 Å². The van der Waals surface area contributed by atoms with Gasteiger partial charge in [-0.1, -0.05) is 36.4 Å². The van der Waals surface area contributed by atoms with E-state index in [9.17, 15) is 9.59 Å². The van der Waals surface area contributed by atoms with Crippen LogP contribution in [0.25, 0.3) is 16.7 Å². The number of pyridine rings is 1. The highest BCUT2D eigenvalue weighted by atomic mass is 16.1. The molecule has 1 N–H and O–H groups in total. The molecule has 6 heteroatoms. The van der Waals surface area contributed by atoms with Crippen LogP contribution in [-0.4, -0.2) is 19.9 Å². The number of hydrogen-bond acceptors (Lipinski definition) is 3. The second-order valence-corrected chi connectivity index (χ2v) is 7.81.